The van der Waals surface area contributed by atoms with Crippen molar-refractivity contribution in [3.63, 3.8) is 0 Å². The molecule has 1 saturated heterocycles. The van der Waals surface area contributed by atoms with Gasteiger partial charge in [0.05, 0.1) is 21.9 Å². The Morgan fingerprint density at radius 1 is 1.44 bits per heavy atom. The summed E-state index contributed by atoms with van der Waals surface area (Å²) in [7, 11) is 0. The minimum Gasteiger partial charge on any atom is -0.322 e. The maximum absolute atomic E-state index is 6.34. The molecule has 0 N–H and O–H groups in total. The van der Waals surface area contributed by atoms with Gasteiger partial charge in [0.2, 0.25) is 0 Å². The lowest BCUT2D eigenvalue weighted by Crippen LogP contribution is -2.18. The predicted octanol–water partition coefficient (Wildman–Crippen LogP) is 4.50. The van der Waals surface area contributed by atoms with Crippen LogP contribution in [0.1, 0.15) is 24.7 Å². The van der Waals surface area contributed by atoms with E-state index in [0.717, 1.165) is 27.6 Å². The number of fused-ring (bicyclic) bond motifs is 1. The van der Waals surface area contributed by atoms with Gasteiger partial charge < -0.3 is 4.57 Å². The highest BCUT2D eigenvalue weighted by molar-refractivity contribution is 7.99. The van der Waals surface area contributed by atoms with Crippen molar-refractivity contribution in [1.82, 2.24) is 9.55 Å². The summed E-state index contributed by atoms with van der Waals surface area (Å²) in [5.41, 5.74) is 2.00. The molecule has 3 rings (SSSR count). The van der Waals surface area contributed by atoms with Gasteiger partial charge in [0.1, 0.15) is 5.82 Å². The van der Waals surface area contributed by atoms with Gasteiger partial charge in [-0.05, 0) is 30.7 Å². The number of alkyl halides is 1. The van der Waals surface area contributed by atoms with Crippen molar-refractivity contribution in [2.75, 3.05) is 11.5 Å². The van der Waals surface area contributed by atoms with Gasteiger partial charge in [-0.2, -0.15) is 11.8 Å². The van der Waals surface area contributed by atoms with Gasteiger partial charge in [0.15, 0.2) is 0 Å². The second-order valence-corrected chi connectivity index (χ2v) is 6.33. The number of imidazole rings is 1. The van der Waals surface area contributed by atoms with E-state index in [1.807, 2.05) is 30.0 Å². The van der Waals surface area contributed by atoms with E-state index in [0.29, 0.717) is 11.9 Å². The van der Waals surface area contributed by atoms with Crippen LogP contribution in [0.5, 0.6) is 0 Å². The standard InChI is InChI=1S/C13H14Cl2N2S/c14-7-12-16-11-5-1-4-10(15)13(11)17(12)9-3-2-6-18-8-9/h1,4-5,9H,2-3,6-8H2. The van der Waals surface area contributed by atoms with E-state index in [9.17, 15) is 0 Å². The molecule has 18 heavy (non-hydrogen) atoms. The molecule has 0 spiro atoms. The Hall–Kier alpha value is -0.380. The molecule has 5 heteroatoms. The van der Waals surface area contributed by atoms with Crippen LogP contribution in [0, 0.1) is 0 Å². The number of para-hydroxylation sites is 1. The van der Waals surface area contributed by atoms with E-state index >= 15 is 0 Å². The van der Waals surface area contributed by atoms with Crippen molar-refractivity contribution in [3.8, 4) is 0 Å². The van der Waals surface area contributed by atoms with E-state index in [2.05, 4.69) is 9.55 Å². The maximum atomic E-state index is 6.34. The first-order valence-corrected chi connectivity index (χ1v) is 8.17. The minimum absolute atomic E-state index is 0.437. The van der Waals surface area contributed by atoms with Crippen molar-refractivity contribution in [2.45, 2.75) is 24.8 Å². The number of rotatable bonds is 2. The number of benzene rings is 1. The molecule has 1 aromatic heterocycles. The van der Waals surface area contributed by atoms with Crippen LogP contribution >= 0.6 is 35.0 Å². The van der Waals surface area contributed by atoms with Gasteiger partial charge in [-0.15, -0.1) is 11.6 Å². The monoisotopic (exact) mass is 300 g/mol. The smallest absolute Gasteiger partial charge is 0.125 e. The van der Waals surface area contributed by atoms with Crippen LogP contribution in [-0.2, 0) is 5.88 Å². The molecule has 0 saturated carbocycles. The maximum Gasteiger partial charge on any atom is 0.125 e. The van der Waals surface area contributed by atoms with Crippen molar-refractivity contribution >= 4 is 46.0 Å². The van der Waals surface area contributed by atoms with Gasteiger partial charge in [-0.25, -0.2) is 4.98 Å². The Morgan fingerprint density at radius 2 is 2.33 bits per heavy atom. The molecule has 1 fully saturated rings. The Labute approximate surface area is 121 Å². The largest absolute Gasteiger partial charge is 0.322 e. The average Bonchev–Trinajstić information content (AvgIpc) is 2.79. The molecule has 1 aliphatic rings. The van der Waals surface area contributed by atoms with Crippen LogP contribution in [0.3, 0.4) is 0 Å². The van der Waals surface area contributed by atoms with Crippen LogP contribution in [0.4, 0.5) is 0 Å². The second kappa shape index (κ2) is 5.32. The van der Waals surface area contributed by atoms with Crippen LogP contribution < -0.4 is 0 Å². The zero-order valence-corrected chi connectivity index (χ0v) is 12.2. The van der Waals surface area contributed by atoms with E-state index in [4.69, 9.17) is 23.2 Å². The van der Waals surface area contributed by atoms with Crippen LogP contribution in [-0.4, -0.2) is 21.1 Å². The summed E-state index contributed by atoms with van der Waals surface area (Å²) < 4.78 is 2.26. The highest BCUT2D eigenvalue weighted by atomic mass is 35.5. The normalized spacial score (nSPS) is 20.4. The SMILES string of the molecule is ClCc1nc2cccc(Cl)c2n1C1CCCSC1. The lowest BCUT2D eigenvalue weighted by molar-refractivity contribution is 0.499. The van der Waals surface area contributed by atoms with Crippen LogP contribution in [0.15, 0.2) is 18.2 Å². The zero-order chi connectivity index (χ0) is 12.5. The number of thioether (sulfide) groups is 1. The van der Waals surface area contributed by atoms with Gasteiger partial charge in [-0.1, -0.05) is 17.7 Å². The molecule has 0 radical (unpaired) electrons. The van der Waals surface area contributed by atoms with E-state index in [1.54, 1.807) is 0 Å². The third-order valence-corrected chi connectivity index (χ3v) is 5.10. The van der Waals surface area contributed by atoms with Crippen molar-refractivity contribution in [1.29, 1.82) is 0 Å². The molecule has 0 amide bonds. The first-order chi connectivity index (χ1) is 8.81. The fourth-order valence-electron chi connectivity index (χ4n) is 2.57. The Kier molecular flexibility index (Phi) is 3.73. The van der Waals surface area contributed by atoms with Crippen molar-refractivity contribution < 1.29 is 0 Å². The summed E-state index contributed by atoms with van der Waals surface area (Å²) in [6.45, 7) is 0. The summed E-state index contributed by atoms with van der Waals surface area (Å²) in [5, 5.41) is 0.770. The van der Waals surface area contributed by atoms with Crippen molar-refractivity contribution in [3.05, 3.63) is 29.0 Å². The quantitative estimate of drug-likeness (QED) is 0.760. The molecule has 1 aliphatic heterocycles. The van der Waals surface area contributed by atoms with Crippen LogP contribution in [0.2, 0.25) is 5.02 Å². The molecule has 1 unspecified atom stereocenters. The molecular formula is C13H14Cl2N2S. The van der Waals surface area contributed by atoms with Gasteiger partial charge in [0.25, 0.3) is 0 Å². The molecule has 0 bridgehead atoms. The average molecular weight is 301 g/mol. The van der Waals surface area contributed by atoms with Gasteiger partial charge >= 0.3 is 0 Å². The summed E-state index contributed by atoms with van der Waals surface area (Å²) in [6.07, 6.45) is 2.44. The molecule has 96 valence electrons. The van der Waals surface area contributed by atoms with Gasteiger partial charge in [0, 0.05) is 11.8 Å². The number of halogens is 2. The van der Waals surface area contributed by atoms with Crippen molar-refractivity contribution in [2.24, 2.45) is 0 Å². The lowest BCUT2D eigenvalue weighted by atomic mass is 10.1. The molecule has 2 heterocycles. The molecule has 2 nitrogen and oxygen atoms in total. The third-order valence-electron chi connectivity index (χ3n) is 3.35. The van der Waals surface area contributed by atoms with E-state index in [1.165, 1.54) is 18.6 Å². The molecular weight excluding hydrogens is 287 g/mol. The zero-order valence-electron chi connectivity index (χ0n) is 9.90. The topological polar surface area (TPSA) is 17.8 Å². The minimum atomic E-state index is 0.437. The number of hydrogen-bond acceptors (Lipinski definition) is 2. The highest BCUT2D eigenvalue weighted by Crippen LogP contribution is 2.34. The predicted molar refractivity (Wildman–Crippen MR) is 79.9 cm³/mol. The Morgan fingerprint density at radius 3 is 3.06 bits per heavy atom. The first-order valence-electron chi connectivity index (χ1n) is 6.10. The number of hydrogen-bond donors (Lipinski definition) is 0. The Balaban J connectivity index is 2.17. The summed E-state index contributed by atoms with van der Waals surface area (Å²) in [5.74, 6) is 3.76. The second-order valence-electron chi connectivity index (χ2n) is 4.51. The fourth-order valence-corrected chi connectivity index (χ4v) is 4.14. The molecule has 2 aromatic rings. The van der Waals surface area contributed by atoms with Crippen LogP contribution in [0.25, 0.3) is 11.0 Å². The first kappa shape index (κ1) is 12.6. The summed E-state index contributed by atoms with van der Waals surface area (Å²) in [6, 6.07) is 6.34. The third kappa shape index (κ3) is 2.13. The van der Waals surface area contributed by atoms with Gasteiger partial charge in [-0.3, -0.25) is 0 Å². The van der Waals surface area contributed by atoms with E-state index < -0.39 is 0 Å². The summed E-state index contributed by atoms with van der Waals surface area (Å²) >= 11 is 14.4. The fraction of sp³-hybridized carbons (Fsp3) is 0.462. The summed E-state index contributed by atoms with van der Waals surface area (Å²) in [4.78, 5) is 4.60. The molecule has 1 atom stereocenters. The Bertz CT molecular complexity index is 561. The molecule has 1 aromatic carbocycles. The van der Waals surface area contributed by atoms with E-state index in [-0.39, 0.29) is 0 Å². The highest BCUT2D eigenvalue weighted by Gasteiger charge is 2.22. The molecule has 0 aliphatic carbocycles. The number of aromatic nitrogens is 2. The number of nitrogens with zero attached hydrogens (tertiary/aromatic N) is 2. The lowest BCUT2D eigenvalue weighted by Gasteiger charge is -2.25.